The van der Waals surface area contributed by atoms with Crippen molar-refractivity contribution >= 4 is 11.9 Å². The van der Waals surface area contributed by atoms with Gasteiger partial charge in [-0.15, -0.1) is 0 Å². The van der Waals surface area contributed by atoms with E-state index in [0.717, 1.165) is 5.56 Å². The third-order valence-corrected chi connectivity index (χ3v) is 5.03. The molecular weight excluding hydrogens is 398 g/mol. The van der Waals surface area contributed by atoms with Gasteiger partial charge >= 0.3 is 11.9 Å². The second kappa shape index (κ2) is 9.84. The summed E-state index contributed by atoms with van der Waals surface area (Å²) < 4.78 is 21.0. The molecule has 0 fully saturated rings. The molecule has 1 heterocycles. The summed E-state index contributed by atoms with van der Waals surface area (Å²) in [6.45, 7) is 0.462. The van der Waals surface area contributed by atoms with Crippen LogP contribution in [-0.4, -0.2) is 45.3 Å². The summed E-state index contributed by atoms with van der Waals surface area (Å²) in [6.07, 6.45) is 3.38. The van der Waals surface area contributed by atoms with E-state index >= 15 is 0 Å². The van der Waals surface area contributed by atoms with Crippen LogP contribution in [0.15, 0.2) is 72.1 Å². The lowest BCUT2D eigenvalue weighted by atomic mass is 9.82. The number of ether oxygens (including phenoxy) is 4. The molecule has 7 nitrogen and oxygen atoms in total. The predicted molar refractivity (Wildman–Crippen MR) is 114 cm³/mol. The highest BCUT2D eigenvalue weighted by molar-refractivity contribution is 5.98. The number of esters is 2. The van der Waals surface area contributed by atoms with Gasteiger partial charge in [-0.25, -0.2) is 9.59 Å². The molecule has 0 bridgehead atoms. The van der Waals surface area contributed by atoms with Crippen molar-refractivity contribution in [2.75, 3.05) is 28.4 Å². The molecule has 0 saturated heterocycles. The summed E-state index contributed by atoms with van der Waals surface area (Å²) in [4.78, 5) is 27.4. The van der Waals surface area contributed by atoms with Crippen LogP contribution in [0.2, 0.25) is 0 Å². The summed E-state index contributed by atoms with van der Waals surface area (Å²) >= 11 is 0. The van der Waals surface area contributed by atoms with Crippen LogP contribution < -0.4 is 9.47 Å². The molecule has 0 aliphatic carbocycles. The second-order valence-electron chi connectivity index (χ2n) is 6.85. The van der Waals surface area contributed by atoms with E-state index in [1.165, 1.54) is 21.3 Å². The monoisotopic (exact) mass is 423 g/mol. The molecular formula is C24H25NO6. The van der Waals surface area contributed by atoms with E-state index in [4.69, 9.17) is 18.9 Å². The summed E-state index contributed by atoms with van der Waals surface area (Å²) in [5.41, 5.74) is 2.18. The molecule has 7 heteroatoms. The van der Waals surface area contributed by atoms with Crippen LogP contribution in [-0.2, 0) is 25.6 Å². The first kappa shape index (κ1) is 22.0. The molecule has 0 unspecified atom stereocenters. The topological polar surface area (TPSA) is 74.3 Å². The van der Waals surface area contributed by atoms with Crippen molar-refractivity contribution in [3.63, 3.8) is 0 Å². The molecule has 162 valence electrons. The number of benzene rings is 2. The molecule has 0 saturated carbocycles. The minimum Gasteiger partial charge on any atom is -0.497 e. The number of nitrogens with zero attached hydrogens (tertiary/aromatic N) is 1. The van der Waals surface area contributed by atoms with Crippen LogP contribution >= 0.6 is 0 Å². The summed E-state index contributed by atoms with van der Waals surface area (Å²) in [6, 6.07) is 14.9. The molecule has 2 aromatic rings. The van der Waals surface area contributed by atoms with Crippen molar-refractivity contribution in [2.24, 2.45) is 0 Å². The molecule has 1 aliphatic heterocycles. The smallest absolute Gasteiger partial charge is 0.336 e. The first-order valence-corrected chi connectivity index (χ1v) is 9.64. The van der Waals surface area contributed by atoms with Crippen molar-refractivity contribution in [3.8, 4) is 11.5 Å². The molecule has 0 atom stereocenters. The van der Waals surface area contributed by atoms with E-state index in [1.807, 2.05) is 30.3 Å². The first-order chi connectivity index (χ1) is 15.0. The SMILES string of the molecule is COC(=O)C1=CN(Cc2ccccc2)C=C(C(=O)OC)C1c1cc(OC)ccc1OC. The fraction of sp³-hybridized carbons (Fsp3) is 0.250. The quantitative estimate of drug-likeness (QED) is 0.632. The Hall–Kier alpha value is -3.74. The molecule has 0 aromatic heterocycles. The van der Waals surface area contributed by atoms with Crippen LogP contribution in [0, 0.1) is 0 Å². The number of methoxy groups -OCH3 is 4. The molecule has 31 heavy (non-hydrogen) atoms. The molecule has 0 spiro atoms. The van der Waals surface area contributed by atoms with Crippen molar-refractivity contribution < 1.29 is 28.5 Å². The number of hydrogen-bond donors (Lipinski definition) is 0. The largest absolute Gasteiger partial charge is 0.497 e. The van der Waals surface area contributed by atoms with Crippen molar-refractivity contribution in [3.05, 3.63) is 83.2 Å². The number of hydrogen-bond acceptors (Lipinski definition) is 7. The summed E-state index contributed by atoms with van der Waals surface area (Å²) in [5.74, 6) is -0.787. The van der Waals surface area contributed by atoms with E-state index in [0.29, 0.717) is 23.6 Å². The van der Waals surface area contributed by atoms with Crippen LogP contribution in [0.1, 0.15) is 17.0 Å². The molecule has 0 N–H and O–H groups in total. The minimum absolute atomic E-state index is 0.285. The van der Waals surface area contributed by atoms with Gasteiger partial charge in [0.15, 0.2) is 0 Å². The van der Waals surface area contributed by atoms with Gasteiger partial charge in [-0.1, -0.05) is 30.3 Å². The van der Waals surface area contributed by atoms with Crippen LogP contribution in [0.5, 0.6) is 11.5 Å². The third kappa shape index (κ3) is 4.71. The Morgan fingerprint density at radius 1 is 0.839 bits per heavy atom. The lowest BCUT2D eigenvalue weighted by molar-refractivity contribution is -0.137. The maximum Gasteiger partial charge on any atom is 0.336 e. The van der Waals surface area contributed by atoms with Gasteiger partial charge in [0.05, 0.1) is 45.5 Å². The molecule has 2 aromatic carbocycles. The molecule has 3 rings (SSSR count). The Morgan fingerprint density at radius 2 is 1.45 bits per heavy atom. The number of carbonyl (C=O) groups excluding carboxylic acids is 2. The van der Waals surface area contributed by atoms with Gasteiger partial charge < -0.3 is 23.8 Å². The Bertz CT molecular complexity index is 978. The van der Waals surface area contributed by atoms with Crippen molar-refractivity contribution in [2.45, 2.75) is 12.5 Å². The lowest BCUT2D eigenvalue weighted by Crippen LogP contribution is -2.28. The minimum atomic E-state index is -0.753. The second-order valence-corrected chi connectivity index (χ2v) is 6.85. The third-order valence-electron chi connectivity index (χ3n) is 5.03. The molecule has 0 amide bonds. The summed E-state index contributed by atoms with van der Waals surface area (Å²) in [5, 5.41) is 0. The zero-order valence-corrected chi connectivity index (χ0v) is 18.0. The number of rotatable bonds is 7. The van der Waals surface area contributed by atoms with Gasteiger partial charge in [0.25, 0.3) is 0 Å². The van der Waals surface area contributed by atoms with Crippen LogP contribution in [0.3, 0.4) is 0 Å². The van der Waals surface area contributed by atoms with Crippen LogP contribution in [0.4, 0.5) is 0 Å². The van der Waals surface area contributed by atoms with Crippen LogP contribution in [0.25, 0.3) is 0 Å². The molecule has 1 aliphatic rings. The average molecular weight is 423 g/mol. The Kier molecular flexibility index (Phi) is 6.97. The maximum atomic E-state index is 12.8. The van der Waals surface area contributed by atoms with Gasteiger partial charge in [-0.05, 0) is 23.8 Å². The van der Waals surface area contributed by atoms with Gasteiger partial charge in [-0.2, -0.15) is 0 Å². The Balaban J connectivity index is 2.16. The van der Waals surface area contributed by atoms with E-state index in [2.05, 4.69) is 0 Å². The van der Waals surface area contributed by atoms with E-state index in [-0.39, 0.29) is 11.1 Å². The Morgan fingerprint density at radius 3 is 1.97 bits per heavy atom. The normalized spacial score (nSPS) is 13.7. The zero-order valence-electron chi connectivity index (χ0n) is 18.0. The van der Waals surface area contributed by atoms with Crippen molar-refractivity contribution in [1.29, 1.82) is 0 Å². The van der Waals surface area contributed by atoms with Gasteiger partial charge in [0, 0.05) is 24.5 Å². The van der Waals surface area contributed by atoms with E-state index < -0.39 is 17.9 Å². The standard InChI is InChI=1S/C24H25NO6/c1-28-17-10-11-21(29-2)18(12-17)22-19(23(26)30-3)14-25(15-20(22)24(27)31-4)13-16-8-6-5-7-9-16/h5-12,14-15,22H,13H2,1-4H3. The highest BCUT2D eigenvalue weighted by Crippen LogP contribution is 2.42. The van der Waals surface area contributed by atoms with Gasteiger partial charge in [0.2, 0.25) is 0 Å². The highest BCUT2D eigenvalue weighted by Gasteiger charge is 2.37. The van der Waals surface area contributed by atoms with E-state index in [1.54, 1.807) is 42.6 Å². The van der Waals surface area contributed by atoms with Gasteiger partial charge in [0.1, 0.15) is 11.5 Å². The average Bonchev–Trinajstić information content (AvgIpc) is 2.82. The summed E-state index contributed by atoms with van der Waals surface area (Å²) in [7, 11) is 5.68. The predicted octanol–water partition coefficient (Wildman–Crippen LogP) is 3.42. The van der Waals surface area contributed by atoms with E-state index in [9.17, 15) is 9.59 Å². The first-order valence-electron chi connectivity index (χ1n) is 9.64. The fourth-order valence-electron chi connectivity index (χ4n) is 3.57. The lowest BCUT2D eigenvalue weighted by Gasteiger charge is -2.31. The highest BCUT2D eigenvalue weighted by atomic mass is 16.5. The Labute approximate surface area is 181 Å². The molecule has 0 radical (unpaired) electrons. The number of carbonyl (C=O) groups is 2. The van der Waals surface area contributed by atoms with Gasteiger partial charge in [-0.3, -0.25) is 0 Å². The maximum absolute atomic E-state index is 12.8. The van der Waals surface area contributed by atoms with Crippen molar-refractivity contribution in [1.82, 2.24) is 4.90 Å². The fourth-order valence-corrected chi connectivity index (χ4v) is 3.57. The zero-order chi connectivity index (χ0) is 22.4.